The average molecular weight is 544 g/mol. The Labute approximate surface area is 233 Å². The summed E-state index contributed by atoms with van der Waals surface area (Å²) in [5.74, 6) is 2.15. The minimum Gasteiger partial charge on any atom is -0.462 e. The number of esters is 1. The van der Waals surface area contributed by atoms with Crippen LogP contribution in [0.2, 0.25) is 0 Å². The van der Waals surface area contributed by atoms with Crippen molar-refractivity contribution in [3.63, 3.8) is 0 Å². The largest absolute Gasteiger partial charge is 0.462 e. The lowest BCUT2D eigenvalue weighted by Crippen LogP contribution is -2.50. The SMILES string of the molecule is C/C(=N\OC(=O)NCC1CCC(C(=O)OC(C)C)N1)[C@H]1CC[C@H]2[C@@H]3CC=C4C[C@@H](O)CC[C@]4(C)[C@H]3CC[C@]12C. The van der Waals surface area contributed by atoms with Crippen LogP contribution in [-0.2, 0) is 14.4 Å². The number of amides is 1. The first-order valence-corrected chi connectivity index (χ1v) is 15.3. The number of aliphatic hydroxyl groups is 1. The molecule has 3 N–H and O–H groups in total. The van der Waals surface area contributed by atoms with Gasteiger partial charge in [-0.2, -0.15) is 0 Å². The van der Waals surface area contributed by atoms with E-state index in [2.05, 4.69) is 35.7 Å². The zero-order valence-electron chi connectivity index (χ0n) is 24.5. The molecule has 1 heterocycles. The number of nitrogens with zero attached hydrogens (tertiary/aromatic N) is 1. The van der Waals surface area contributed by atoms with Crippen LogP contribution in [0.3, 0.4) is 0 Å². The lowest BCUT2D eigenvalue weighted by molar-refractivity contribution is -0.149. The molecule has 1 amide bonds. The molecule has 2 unspecified atom stereocenters. The quantitative estimate of drug-likeness (QED) is 0.141. The van der Waals surface area contributed by atoms with Crippen LogP contribution in [0.25, 0.3) is 0 Å². The molecule has 4 fully saturated rings. The fourth-order valence-electron chi connectivity index (χ4n) is 9.22. The maximum Gasteiger partial charge on any atom is 0.433 e. The van der Waals surface area contributed by atoms with Gasteiger partial charge in [0.2, 0.25) is 0 Å². The van der Waals surface area contributed by atoms with Gasteiger partial charge in [-0.25, -0.2) is 4.79 Å². The van der Waals surface area contributed by atoms with Crippen molar-refractivity contribution < 1.29 is 24.3 Å². The highest BCUT2D eigenvalue weighted by Crippen LogP contribution is 2.66. The number of nitrogens with one attached hydrogen (secondary N) is 2. The molecule has 5 aliphatic rings. The Kier molecular flexibility index (Phi) is 8.18. The highest BCUT2D eigenvalue weighted by molar-refractivity contribution is 5.85. The van der Waals surface area contributed by atoms with Crippen molar-refractivity contribution in [1.82, 2.24) is 10.6 Å². The summed E-state index contributed by atoms with van der Waals surface area (Å²) in [6.07, 6.45) is 11.9. The molecule has 4 aliphatic carbocycles. The summed E-state index contributed by atoms with van der Waals surface area (Å²) in [6.45, 7) is 11.0. The van der Waals surface area contributed by atoms with Crippen molar-refractivity contribution in [2.75, 3.05) is 6.54 Å². The van der Waals surface area contributed by atoms with Gasteiger partial charge < -0.3 is 15.2 Å². The van der Waals surface area contributed by atoms with E-state index < -0.39 is 6.09 Å². The maximum atomic E-state index is 12.4. The Morgan fingerprint density at radius 1 is 1.13 bits per heavy atom. The monoisotopic (exact) mass is 543 g/mol. The van der Waals surface area contributed by atoms with Crippen LogP contribution in [-0.4, -0.2) is 53.7 Å². The molecule has 0 aromatic rings. The first-order valence-electron chi connectivity index (χ1n) is 15.3. The van der Waals surface area contributed by atoms with Crippen molar-refractivity contribution in [2.45, 2.75) is 123 Å². The average Bonchev–Trinajstić information content (AvgIpc) is 3.50. The molecule has 0 spiro atoms. The molecule has 3 saturated carbocycles. The summed E-state index contributed by atoms with van der Waals surface area (Å²) in [7, 11) is 0. The Morgan fingerprint density at radius 2 is 1.92 bits per heavy atom. The van der Waals surface area contributed by atoms with Gasteiger partial charge in [0.05, 0.1) is 17.9 Å². The third kappa shape index (κ3) is 5.52. The lowest BCUT2D eigenvalue weighted by Gasteiger charge is -2.58. The fraction of sp³-hybridized carbons (Fsp3) is 0.839. The number of aliphatic hydroxyl groups excluding tert-OH is 1. The Balaban J connectivity index is 1.14. The second kappa shape index (κ2) is 11.2. The predicted molar refractivity (Wildman–Crippen MR) is 150 cm³/mol. The number of hydrogen-bond acceptors (Lipinski definition) is 7. The third-order valence-corrected chi connectivity index (χ3v) is 11.2. The van der Waals surface area contributed by atoms with E-state index in [1.54, 1.807) is 0 Å². The van der Waals surface area contributed by atoms with Gasteiger partial charge in [-0.15, -0.1) is 0 Å². The summed E-state index contributed by atoms with van der Waals surface area (Å²) in [6, 6.07) is -0.309. The Hall–Kier alpha value is -1.93. The smallest absolute Gasteiger partial charge is 0.433 e. The highest BCUT2D eigenvalue weighted by Gasteiger charge is 2.59. The third-order valence-electron chi connectivity index (χ3n) is 11.2. The molecule has 5 rings (SSSR count). The minimum absolute atomic E-state index is 0.0105. The van der Waals surface area contributed by atoms with Gasteiger partial charge in [-0.1, -0.05) is 30.7 Å². The maximum absolute atomic E-state index is 12.4. The summed E-state index contributed by atoms with van der Waals surface area (Å²) in [4.78, 5) is 29.9. The van der Waals surface area contributed by atoms with E-state index in [0.717, 1.165) is 44.2 Å². The van der Waals surface area contributed by atoms with Gasteiger partial charge in [0, 0.05) is 18.5 Å². The zero-order chi connectivity index (χ0) is 27.9. The molecule has 1 saturated heterocycles. The van der Waals surface area contributed by atoms with Crippen LogP contribution in [0, 0.1) is 34.5 Å². The van der Waals surface area contributed by atoms with Gasteiger partial charge in [0.1, 0.15) is 6.04 Å². The molecule has 8 heteroatoms. The van der Waals surface area contributed by atoms with E-state index in [9.17, 15) is 14.7 Å². The van der Waals surface area contributed by atoms with Crippen LogP contribution < -0.4 is 10.6 Å². The van der Waals surface area contributed by atoms with Crippen LogP contribution in [0.5, 0.6) is 0 Å². The van der Waals surface area contributed by atoms with Crippen LogP contribution >= 0.6 is 0 Å². The summed E-state index contributed by atoms with van der Waals surface area (Å²) in [5, 5.41) is 20.6. The highest BCUT2D eigenvalue weighted by atomic mass is 16.7. The number of oxime groups is 1. The fourth-order valence-corrected chi connectivity index (χ4v) is 9.22. The van der Waals surface area contributed by atoms with Crippen molar-refractivity contribution in [1.29, 1.82) is 0 Å². The van der Waals surface area contributed by atoms with E-state index in [1.165, 1.54) is 24.8 Å². The number of ether oxygens (including phenoxy) is 1. The van der Waals surface area contributed by atoms with Gasteiger partial charge in [0.25, 0.3) is 0 Å². The zero-order valence-corrected chi connectivity index (χ0v) is 24.5. The Morgan fingerprint density at radius 3 is 2.69 bits per heavy atom. The molecule has 0 bridgehead atoms. The van der Waals surface area contributed by atoms with Crippen LogP contribution in [0.15, 0.2) is 16.8 Å². The van der Waals surface area contributed by atoms with E-state index in [-0.39, 0.29) is 41.1 Å². The number of fused-ring (bicyclic) bond motifs is 5. The van der Waals surface area contributed by atoms with E-state index in [1.807, 2.05) is 20.8 Å². The second-order valence-electron chi connectivity index (χ2n) is 13.8. The predicted octanol–water partition coefficient (Wildman–Crippen LogP) is 5.10. The number of rotatable bonds is 6. The first-order chi connectivity index (χ1) is 18.5. The molecule has 0 aromatic heterocycles. The number of hydrogen-bond donors (Lipinski definition) is 3. The van der Waals surface area contributed by atoms with Crippen molar-refractivity contribution >= 4 is 17.8 Å². The normalized spacial score (nSPS) is 41.8. The summed E-state index contributed by atoms with van der Waals surface area (Å²) >= 11 is 0. The summed E-state index contributed by atoms with van der Waals surface area (Å²) in [5.41, 5.74) is 2.85. The number of allylic oxidation sites excluding steroid dienone is 1. The summed E-state index contributed by atoms with van der Waals surface area (Å²) < 4.78 is 5.29. The number of carbonyl (C=O) groups is 2. The topological polar surface area (TPSA) is 109 Å². The minimum atomic E-state index is -0.551. The molecule has 39 heavy (non-hydrogen) atoms. The van der Waals surface area contributed by atoms with Gasteiger partial charge >= 0.3 is 12.1 Å². The first kappa shape index (κ1) is 28.6. The van der Waals surface area contributed by atoms with Crippen molar-refractivity contribution in [3.05, 3.63) is 11.6 Å². The molecule has 9 atom stereocenters. The second-order valence-corrected chi connectivity index (χ2v) is 13.8. The van der Waals surface area contributed by atoms with Crippen LogP contribution in [0.1, 0.15) is 98.8 Å². The van der Waals surface area contributed by atoms with E-state index >= 15 is 0 Å². The molecule has 8 nitrogen and oxygen atoms in total. The number of carbonyl (C=O) groups excluding carboxylic acids is 2. The molecule has 0 radical (unpaired) electrons. The standard InChI is InChI=1S/C31H49N3O5/c1-18(2)38-28(36)27-11-7-21(33-27)17-32-29(37)39-34-19(3)24-9-10-25-23-8-6-20-16-22(35)12-14-30(20,4)26(23)13-15-31(24,25)5/h6,18,21-27,33,35H,7-17H2,1-5H3,(H,32,37)/b34-19+/t21?,22-,23-,24+,25-,26-,27?,30-,31+/m0/s1. The van der Waals surface area contributed by atoms with Crippen LogP contribution in [0.4, 0.5) is 4.79 Å². The lowest BCUT2D eigenvalue weighted by atomic mass is 9.47. The molecular formula is C31H49N3O5. The molecule has 218 valence electrons. The molecule has 1 aliphatic heterocycles. The van der Waals surface area contributed by atoms with Gasteiger partial charge in [0.15, 0.2) is 0 Å². The van der Waals surface area contributed by atoms with E-state index in [4.69, 9.17) is 9.57 Å². The molecule has 0 aromatic carbocycles. The molecular weight excluding hydrogens is 494 g/mol. The van der Waals surface area contributed by atoms with Crippen molar-refractivity contribution in [3.8, 4) is 0 Å². The Bertz CT molecular complexity index is 1010. The van der Waals surface area contributed by atoms with E-state index in [0.29, 0.717) is 36.6 Å². The van der Waals surface area contributed by atoms with Gasteiger partial charge in [-0.3, -0.25) is 14.9 Å². The van der Waals surface area contributed by atoms with Crippen molar-refractivity contribution in [2.24, 2.45) is 39.7 Å². The van der Waals surface area contributed by atoms with Gasteiger partial charge in [-0.05, 0) is 114 Å².